The summed E-state index contributed by atoms with van der Waals surface area (Å²) in [7, 11) is 0. The van der Waals surface area contributed by atoms with Gasteiger partial charge >= 0.3 is 0 Å². The van der Waals surface area contributed by atoms with Crippen molar-refractivity contribution in [2.24, 2.45) is 0 Å². The third-order valence-corrected chi connectivity index (χ3v) is 3.91. The molecule has 0 unspecified atom stereocenters. The van der Waals surface area contributed by atoms with Crippen molar-refractivity contribution < 1.29 is 0 Å². The van der Waals surface area contributed by atoms with Crippen LogP contribution in [0.4, 0.5) is 5.82 Å². The van der Waals surface area contributed by atoms with Gasteiger partial charge in [-0.2, -0.15) is 0 Å². The van der Waals surface area contributed by atoms with Crippen LogP contribution >= 0.6 is 0 Å². The van der Waals surface area contributed by atoms with E-state index in [9.17, 15) is 0 Å². The fraction of sp³-hybridized carbons (Fsp3) is 0.500. The number of nitrogens with zero attached hydrogens (tertiary/aromatic N) is 2. The van der Waals surface area contributed by atoms with Crippen molar-refractivity contribution in [1.82, 2.24) is 9.97 Å². The number of hydrogen-bond acceptors (Lipinski definition) is 3. The second-order valence-corrected chi connectivity index (χ2v) is 5.43. The predicted molar refractivity (Wildman–Crippen MR) is 79.3 cm³/mol. The molecule has 3 heteroatoms. The number of para-hydroxylation sites is 2. The maximum atomic E-state index is 4.65. The average molecular weight is 255 g/mol. The minimum absolute atomic E-state index is 0.566. The van der Waals surface area contributed by atoms with Gasteiger partial charge in [0.15, 0.2) is 0 Å². The van der Waals surface area contributed by atoms with Gasteiger partial charge in [-0.05, 0) is 25.0 Å². The van der Waals surface area contributed by atoms with E-state index in [-0.39, 0.29) is 0 Å². The molecule has 3 rings (SSSR count). The molecule has 3 nitrogen and oxygen atoms in total. The number of hydrogen-bond donors (Lipinski definition) is 1. The van der Waals surface area contributed by atoms with Gasteiger partial charge in [-0.3, -0.25) is 4.98 Å². The summed E-state index contributed by atoms with van der Waals surface area (Å²) in [6, 6.07) is 8.60. The number of fused-ring (bicyclic) bond motifs is 1. The number of nitrogens with one attached hydrogen (secondary N) is 1. The monoisotopic (exact) mass is 255 g/mol. The van der Waals surface area contributed by atoms with Crippen LogP contribution in [0.1, 0.15) is 44.9 Å². The zero-order chi connectivity index (χ0) is 12.9. The highest BCUT2D eigenvalue weighted by molar-refractivity contribution is 5.75. The fourth-order valence-electron chi connectivity index (χ4n) is 2.84. The molecule has 1 N–H and O–H groups in total. The van der Waals surface area contributed by atoms with Gasteiger partial charge in [0.05, 0.1) is 17.2 Å². The van der Waals surface area contributed by atoms with Gasteiger partial charge in [0.25, 0.3) is 0 Å². The van der Waals surface area contributed by atoms with Gasteiger partial charge in [0.1, 0.15) is 5.82 Å². The summed E-state index contributed by atoms with van der Waals surface area (Å²) in [5.74, 6) is 0.921. The Hall–Kier alpha value is -1.64. The van der Waals surface area contributed by atoms with Crippen LogP contribution in [0.25, 0.3) is 11.0 Å². The lowest BCUT2D eigenvalue weighted by molar-refractivity contribution is 0.471. The van der Waals surface area contributed by atoms with Crippen LogP contribution in [0.5, 0.6) is 0 Å². The minimum atomic E-state index is 0.566. The van der Waals surface area contributed by atoms with Crippen molar-refractivity contribution in [3.63, 3.8) is 0 Å². The molecule has 1 fully saturated rings. The first-order valence-corrected chi connectivity index (χ1v) is 7.40. The second-order valence-electron chi connectivity index (χ2n) is 5.43. The number of benzene rings is 1. The quantitative estimate of drug-likeness (QED) is 0.875. The molecule has 2 aromatic rings. The van der Waals surface area contributed by atoms with Crippen molar-refractivity contribution in [2.75, 3.05) is 5.32 Å². The van der Waals surface area contributed by atoms with Crippen molar-refractivity contribution in [3.8, 4) is 0 Å². The molecule has 0 atom stereocenters. The molecule has 1 aromatic carbocycles. The molecule has 100 valence electrons. The third kappa shape index (κ3) is 3.22. The van der Waals surface area contributed by atoms with Gasteiger partial charge in [0.2, 0.25) is 0 Å². The summed E-state index contributed by atoms with van der Waals surface area (Å²) in [6.07, 6.45) is 11.2. The van der Waals surface area contributed by atoms with E-state index in [2.05, 4.69) is 15.3 Å². The van der Waals surface area contributed by atoms with Crippen molar-refractivity contribution in [1.29, 1.82) is 0 Å². The Kier molecular flexibility index (Phi) is 3.92. The first-order chi connectivity index (χ1) is 9.42. The van der Waals surface area contributed by atoms with Gasteiger partial charge in [-0.1, -0.05) is 44.2 Å². The van der Waals surface area contributed by atoms with Gasteiger partial charge < -0.3 is 5.32 Å². The lowest BCUT2D eigenvalue weighted by Crippen LogP contribution is -2.21. The van der Waals surface area contributed by atoms with Crippen LogP contribution in [0.15, 0.2) is 30.5 Å². The zero-order valence-corrected chi connectivity index (χ0v) is 11.3. The predicted octanol–water partition coefficient (Wildman–Crippen LogP) is 4.15. The topological polar surface area (TPSA) is 37.8 Å². The maximum Gasteiger partial charge on any atom is 0.145 e. The SMILES string of the molecule is c1ccc2nc(NC3CCCCCCC3)cnc2c1. The van der Waals surface area contributed by atoms with E-state index in [1.54, 1.807) is 0 Å². The molecule has 0 spiro atoms. The molecule has 0 saturated heterocycles. The molecule has 0 bridgehead atoms. The smallest absolute Gasteiger partial charge is 0.145 e. The molecule has 19 heavy (non-hydrogen) atoms. The Labute approximate surface area is 114 Å². The highest BCUT2D eigenvalue weighted by atomic mass is 15.0. The van der Waals surface area contributed by atoms with Crippen LogP contribution in [-0.2, 0) is 0 Å². The average Bonchev–Trinajstić information content (AvgIpc) is 2.41. The molecule has 1 aromatic heterocycles. The molecule has 0 aliphatic heterocycles. The van der Waals surface area contributed by atoms with E-state index in [1.807, 2.05) is 30.5 Å². The summed E-state index contributed by atoms with van der Waals surface area (Å²) in [5, 5.41) is 3.57. The first kappa shape index (κ1) is 12.4. The van der Waals surface area contributed by atoms with E-state index in [0.29, 0.717) is 6.04 Å². The van der Waals surface area contributed by atoms with Crippen molar-refractivity contribution in [3.05, 3.63) is 30.5 Å². The van der Waals surface area contributed by atoms with E-state index in [4.69, 9.17) is 0 Å². The normalized spacial score (nSPS) is 17.9. The molecule has 1 aliphatic carbocycles. The summed E-state index contributed by atoms with van der Waals surface area (Å²) in [6.45, 7) is 0. The third-order valence-electron chi connectivity index (χ3n) is 3.91. The Balaban J connectivity index is 1.72. The van der Waals surface area contributed by atoms with E-state index in [0.717, 1.165) is 16.9 Å². The van der Waals surface area contributed by atoms with E-state index in [1.165, 1.54) is 44.9 Å². The highest BCUT2D eigenvalue weighted by Crippen LogP contribution is 2.20. The Morgan fingerprint density at radius 2 is 1.58 bits per heavy atom. The van der Waals surface area contributed by atoms with Crippen molar-refractivity contribution in [2.45, 2.75) is 51.0 Å². The fourth-order valence-corrected chi connectivity index (χ4v) is 2.84. The number of anilines is 1. The zero-order valence-electron chi connectivity index (χ0n) is 11.3. The molecular formula is C16H21N3. The van der Waals surface area contributed by atoms with Crippen LogP contribution < -0.4 is 5.32 Å². The summed E-state index contributed by atoms with van der Waals surface area (Å²) >= 11 is 0. The first-order valence-electron chi connectivity index (χ1n) is 7.40. The Morgan fingerprint density at radius 3 is 2.37 bits per heavy atom. The standard InChI is InChI=1S/C16H21N3/c1-2-4-8-13(9-5-3-1)18-16-12-17-14-10-6-7-11-15(14)19-16/h6-7,10-13H,1-5,8-9H2,(H,18,19). The second kappa shape index (κ2) is 6.00. The van der Waals surface area contributed by atoms with E-state index < -0.39 is 0 Å². The Morgan fingerprint density at radius 1 is 0.895 bits per heavy atom. The highest BCUT2D eigenvalue weighted by Gasteiger charge is 2.11. The van der Waals surface area contributed by atoms with Crippen LogP contribution in [0.2, 0.25) is 0 Å². The van der Waals surface area contributed by atoms with Crippen LogP contribution in [0.3, 0.4) is 0 Å². The lowest BCUT2D eigenvalue weighted by atomic mass is 9.97. The molecule has 0 radical (unpaired) electrons. The van der Waals surface area contributed by atoms with Gasteiger partial charge in [-0.15, -0.1) is 0 Å². The molecule has 1 heterocycles. The van der Waals surface area contributed by atoms with Crippen LogP contribution in [-0.4, -0.2) is 16.0 Å². The number of rotatable bonds is 2. The minimum Gasteiger partial charge on any atom is -0.366 e. The maximum absolute atomic E-state index is 4.65. The molecule has 0 amide bonds. The lowest BCUT2D eigenvalue weighted by Gasteiger charge is -2.21. The van der Waals surface area contributed by atoms with Crippen molar-refractivity contribution >= 4 is 16.9 Å². The summed E-state index contributed by atoms with van der Waals surface area (Å²) in [4.78, 5) is 9.11. The molecular weight excluding hydrogens is 234 g/mol. The van der Waals surface area contributed by atoms with E-state index >= 15 is 0 Å². The molecule has 1 aliphatic rings. The molecule has 1 saturated carbocycles. The summed E-state index contributed by atoms with van der Waals surface area (Å²) < 4.78 is 0. The Bertz CT molecular complexity index is 530. The van der Waals surface area contributed by atoms with Gasteiger partial charge in [-0.25, -0.2) is 4.98 Å². The summed E-state index contributed by atoms with van der Waals surface area (Å²) in [5.41, 5.74) is 1.93. The van der Waals surface area contributed by atoms with Crippen LogP contribution in [0, 0.1) is 0 Å². The van der Waals surface area contributed by atoms with Gasteiger partial charge in [0, 0.05) is 6.04 Å². The largest absolute Gasteiger partial charge is 0.366 e. The number of aromatic nitrogens is 2.